The Kier molecular flexibility index (Phi) is 3.70. The predicted octanol–water partition coefficient (Wildman–Crippen LogP) is 4.60. The third kappa shape index (κ3) is 2.46. The number of halogens is 2. The lowest BCUT2D eigenvalue weighted by atomic mass is 10.2. The molecule has 1 aromatic heterocycles. The summed E-state index contributed by atoms with van der Waals surface area (Å²) in [6, 6.07) is 5.96. The highest BCUT2D eigenvalue weighted by molar-refractivity contribution is 9.10. The van der Waals surface area contributed by atoms with Gasteiger partial charge in [0.05, 0.1) is 5.02 Å². The summed E-state index contributed by atoms with van der Waals surface area (Å²) in [6.07, 6.45) is 0. The lowest BCUT2D eigenvalue weighted by Crippen LogP contribution is -2.03. The maximum Gasteiger partial charge on any atom is 0.195 e. The fourth-order valence-electron chi connectivity index (χ4n) is 1.62. The Morgan fingerprint density at radius 3 is 2.76 bits per heavy atom. The van der Waals surface area contributed by atoms with Crippen LogP contribution in [0.2, 0.25) is 5.02 Å². The SMILES string of the molecule is CC(C)n1c(-c2ccc(Cl)c(Br)c2)n[nH]c1=S. The van der Waals surface area contributed by atoms with Gasteiger partial charge in [-0.15, -0.1) is 0 Å². The maximum absolute atomic E-state index is 5.97. The van der Waals surface area contributed by atoms with E-state index in [-0.39, 0.29) is 6.04 Å². The summed E-state index contributed by atoms with van der Waals surface area (Å²) in [5.74, 6) is 0.822. The maximum atomic E-state index is 5.97. The lowest BCUT2D eigenvalue weighted by Gasteiger charge is -2.10. The summed E-state index contributed by atoms with van der Waals surface area (Å²) in [6.45, 7) is 4.14. The molecule has 2 rings (SSSR count). The zero-order chi connectivity index (χ0) is 12.6. The number of rotatable bonds is 2. The number of aromatic amines is 1. The number of aromatic nitrogens is 3. The van der Waals surface area contributed by atoms with Gasteiger partial charge in [-0.3, -0.25) is 9.67 Å². The zero-order valence-corrected chi connectivity index (χ0v) is 12.5. The molecule has 0 saturated heterocycles. The van der Waals surface area contributed by atoms with E-state index in [2.05, 4.69) is 40.0 Å². The summed E-state index contributed by atoms with van der Waals surface area (Å²) in [7, 11) is 0. The summed E-state index contributed by atoms with van der Waals surface area (Å²) in [4.78, 5) is 0. The molecule has 0 aliphatic heterocycles. The van der Waals surface area contributed by atoms with Crippen LogP contribution in [0.4, 0.5) is 0 Å². The molecule has 1 N–H and O–H groups in total. The molecule has 6 heteroatoms. The van der Waals surface area contributed by atoms with Gasteiger partial charge in [-0.25, -0.2) is 0 Å². The van der Waals surface area contributed by atoms with Crippen molar-refractivity contribution in [2.45, 2.75) is 19.9 Å². The van der Waals surface area contributed by atoms with E-state index >= 15 is 0 Å². The normalized spacial score (nSPS) is 11.1. The van der Waals surface area contributed by atoms with Crippen molar-refractivity contribution < 1.29 is 0 Å². The van der Waals surface area contributed by atoms with Crippen molar-refractivity contribution >= 4 is 39.7 Å². The Labute approximate surface area is 118 Å². The van der Waals surface area contributed by atoms with Crippen molar-refractivity contribution in [3.8, 4) is 11.4 Å². The smallest absolute Gasteiger partial charge is 0.195 e. The Hall–Kier alpha value is -0.650. The van der Waals surface area contributed by atoms with Crippen LogP contribution in [0.25, 0.3) is 11.4 Å². The second kappa shape index (κ2) is 4.92. The zero-order valence-electron chi connectivity index (χ0n) is 9.37. The third-order valence-corrected chi connectivity index (χ3v) is 3.90. The number of hydrogen-bond acceptors (Lipinski definition) is 2. The van der Waals surface area contributed by atoms with Gasteiger partial charge in [0.25, 0.3) is 0 Å². The fraction of sp³-hybridized carbons (Fsp3) is 0.273. The standard InChI is InChI=1S/C11H11BrClN3S/c1-6(2)16-10(14-15-11(16)17)7-3-4-9(13)8(12)5-7/h3-6H,1-2H3,(H,15,17). The van der Waals surface area contributed by atoms with E-state index in [4.69, 9.17) is 23.8 Å². The first kappa shape index (κ1) is 12.8. The lowest BCUT2D eigenvalue weighted by molar-refractivity contribution is 0.597. The van der Waals surface area contributed by atoms with Crippen molar-refractivity contribution in [3.63, 3.8) is 0 Å². The first-order chi connectivity index (χ1) is 8.00. The highest BCUT2D eigenvalue weighted by Gasteiger charge is 2.12. The Bertz CT molecular complexity index is 603. The topological polar surface area (TPSA) is 33.6 Å². The molecule has 17 heavy (non-hydrogen) atoms. The van der Waals surface area contributed by atoms with Gasteiger partial charge in [0, 0.05) is 16.1 Å². The number of benzene rings is 1. The molecule has 0 atom stereocenters. The Morgan fingerprint density at radius 1 is 1.47 bits per heavy atom. The first-order valence-corrected chi connectivity index (χ1v) is 6.71. The van der Waals surface area contributed by atoms with E-state index < -0.39 is 0 Å². The molecule has 3 nitrogen and oxygen atoms in total. The van der Waals surface area contributed by atoms with E-state index in [0.29, 0.717) is 9.79 Å². The number of nitrogens with zero attached hydrogens (tertiary/aromatic N) is 2. The van der Waals surface area contributed by atoms with Crippen molar-refractivity contribution in [3.05, 3.63) is 32.5 Å². The molecule has 0 amide bonds. The van der Waals surface area contributed by atoms with Gasteiger partial charge in [-0.05, 0) is 60.2 Å². The van der Waals surface area contributed by atoms with Crippen molar-refractivity contribution in [1.29, 1.82) is 0 Å². The third-order valence-electron chi connectivity index (χ3n) is 2.40. The van der Waals surface area contributed by atoms with Crippen LogP contribution in [0.15, 0.2) is 22.7 Å². The van der Waals surface area contributed by atoms with Gasteiger partial charge in [0.1, 0.15) is 0 Å². The number of nitrogens with one attached hydrogen (secondary N) is 1. The van der Waals surface area contributed by atoms with Gasteiger partial charge in [0.15, 0.2) is 10.6 Å². The van der Waals surface area contributed by atoms with E-state index in [1.165, 1.54) is 0 Å². The fourth-order valence-corrected chi connectivity index (χ4v) is 2.46. The first-order valence-electron chi connectivity index (χ1n) is 5.13. The van der Waals surface area contributed by atoms with Gasteiger partial charge in [-0.1, -0.05) is 11.6 Å². The van der Waals surface area contributed by atoms with Crippen LogP contribution >= 0.6 is 39.7 Å². The molecule has 0 bridgehead atoms. The minimum Gasteiger partial charge on any atom is -0.298 e. The highest BCUT2D eigenvalue weighted by atomic mass is 79.9. The molecule has 90 valence electrons. The van der Waals surface area contributed by atoms with E-state index in [0.717, 1.165) is 15.9 Å². The van der Waals surface area contributed by atoms with Crippen LogP contribution in [0.3, 0.4) is 0 Å². The number of H-pyrrole nitrogens is 1. The van der Waals surface area contributed by atoms with E-state index in [1.54, 1.807) is 0 Å². The molecule has 0 saturated carbocycles. The van der Waals surface area contributed by atoms with Gasteiger partial charge >= 0.3 is 0 Å². The van der Waals surface area contributed by atoms with Crippen LogP contribution in [-0.2, 0) is 0 Å². The molecule has 0 aliphatic rings. The minimum absolute atomic E-state index is 0.255. The minimum atomic E-state index is 0.255. The molecular formula is C11H11BrClN3S. The van der Waals surface area contributed by atoms with Gasteiger partial charge in [0.2, 0.25) is 0 Å². The number of hydrogen-bond donors (Lipinski definition) is 1. The molecule has 0 aliphatic carbocycles. The highest BCUT2D eigenvalue weighted by Crippen LogP contribution is 2.29. The van der Waals surface area contributed by atoms with Crippen molar-refractivity contribution in [1.82, 2.24) is 14.8 Å². The second-order valence-corrected chi connectivity index (χ2v) is 5.59. The molecule has 1 heterocycles. The van der Waals surface area contributed by atoms with Crippen LogP contribution in [-0.4, -0.2) is 14.8 Å². The monoisotopic (exact) mass is 331 g/mol. The van der Waals surface area contributed by atoms with Crippen LogP contribution < -0.4 is 0 Å². The molecule has 1 aromatic carbocycles. The summed E-state index contributed by atoms with van der Waals surface area (Å²) in [5.41, 5.74) is 0.974. The molecular weight excluding hydrogens is 322 g/mol. The Balaban J connectivity index is 2.61. The summed E-state index contributed by atoms with van der Waals surface area (Å²) < 4.78 is 3.45. The Morgan fingerprint density at radius 2 is 2.18 bits per heavy atom. The summed E-state index contributed by atoms with van der Waals surface area (Å²) >= 11 is 14.6. The molecule has 2 aromatic rings. The quantitative estimate of drug-likeness (QED) is 0.815. The average Bonchev–Trinajstić information content (AvgIpc) is 2.64. The summed E-state index contributed by atoms with van der Waals surface area (Å²) in [5, 5.41) is 7.76. The largest absolute Gasteiger partial charge is 0.298 e. The molecule has 0 radical (unpaired) electrons. The van der Waals surface area contributed by atoms with Crippen LogP contribution in [0.5, 0.6) is 0 Å². The van der Waals surface area contributed by atoms with E-state index in [1.807, 2.05) is 22.8 Å². The second-order valence-electron chi connectivity index (χ2n) is 3.95. The van der Waals surface area contributed by atoms with Gasteiger partial charge in [-0.2, -0.15) is 5.10 Å². The molecule has 0 unspecified atom stereocenters. The van der Waals surface area contributed by atoms with Gasteiger partial charge < -0.3 is 0 Å². The van der Waals surface area contributed by atoms with E-state index in [9.17, 15) is 0 Å². The van der Waals surface area contributed by atoms with Crippen LogP contribution in [0, 0.1) is 4.77 Å². The average molecular weight is 333 g/mol. The van der Waals surface area contributed by atoms with Crippen molar-refractivity contribution in [2.24, 2.45) is 0 Å². The van der Waals surface area contributed by atoms with Crippen molar-refractivity contribution in [2.75, 3.05) is 0 Å². The molecule has 0 spiro atoms. The molecule has 0 fully saturated rings. The predicted molar refractivity (Wildman–Crippen MR) is 75.9 cm³/mol. The van der Waals surface area contributed by atoms with Crippen LogP contribution in [0.1, 0.15) is 19.9 Å².